The van der Waals surface area contributed by atoms with Crippen LogP contribution in [0.3, 0.4) is 0 Å². The summed E-state index contributed by atoms with van der Waals surface area (Å²) in [6.07, 6.45) is 0. The van der Waals surface area contributed by atoms with Crippen molar-refractivity contribution < 1.29 is 4.42 Å². The summed E-state index contributed by atoms with van der Waals surface area (Å²) in [6.45, 7) is 0. The molecule has 0 aliphatic carbocycles. The summed E-state index contributed by atoms with van der Waals surface area (Å²) >= 11 is 0. The Hall–Kier alpha value is -5.02. The lowest BCUT2D eigenvalue weighted by Crippen LogP contribution is -1.95. The molecule has 2 heterocycles. The molecule has 2 aromatic heterocycles. The monoisotopic (exact) mass is 474 g/mol. The van der Waals surface area contributed by atoms with Crippen molar-refractivity contribution in [2.45, 2.75) is 0 Å². The normalized spacial score (nSPS) is 11.2. The van der Waals surface area contributed by atoms with Gasteiger partial charge >= 0.3 is 0 Å². The molecule has 0 aliphatic heterocycles. The molecule has 0 unspecified atom stereocenters. The van der Waals surface area contributed by atoms with Crippen LogP contribution in [0.2, 0.25) is 0 Å². The van der Waals surface area contributed by atoms with E-state index in [1.807, 2.05) is 30.3 Å². The summed E-state index contributed by atoms with van der Waals surface area (Å²) < 4.78 is 6.26. The minimum atomic E-state index is 0.594. The van der Waals surface area contributed by atoms with Gasteiger partial charge in [-0.25, -0.2) is 4.98 Å². The van der Waals surface area contributed by atoms with E-state index in [-0.39, 0.29) is 0 Å². The second-order valence-corrected chi connectivity index (χ2v) is 9.03. The Morgan fingerprint density at radius 3 is 1.76 bits per heavy atom. The molecule has 0 amide bonds. The fourth-order valence-electron chi connectivity index (χ4n) is 4.95. The lowest BCUT2D eigenvalue weighted by atomic mass is 9.95. The number of nitrogens with zero attached hydrogens (tertiary/aromatic N) is 2. The van der Waals surface area contributed by atoms with Crippen molar-refractivity contribution in [3.8, 4) is 44.9 Å². The van der Waals surface area contributed by atoms with Crippen molar-refractivity contribution in [3.05, 3.63) is 133 Å². The summed E-state index contributed by atoms with van der Waals surface area (Å²) in [4.78, 5) is 10.1. The Bertz CT molecular complexity index is 1850. The number of para-hydroxylation sites is 1. The summed E-state index contributed by atoms with van der Waals surface area (Å²) in [6, 6.07) is 45.7. The van der Waals surface area contributed by atoms with Crippen LogP contribution in [0.15, 0.2) is 138 Å². The Morgan fingerprint density at radius 1 is 0.432 bits per heavy atom. The first kappa shape index (κ1) is 21.3. The maximum atomic E-state index is 6.26. The number of benzene rings is 5. The molecule has 0 N–H and O–H groups in total. The van der Waals surface area contributed by atoms with Crippen molar-refractivity contribution in [1.29, 1.82) is 0 Å². The van der Waals surface area contributed by atoms with Gasteiger partial charge < -0.3 is 4.42 Å². The Kier molecular flexibility index (Phi) is 5.11. The molecule has 7 aromatic rings. The zero-order chi connectivity index (χ0) is 24.6. The molecule has 174 valence electrons. The molecule has 0 bridgehead atoms. The minimum Gasteiger partial charge on any atom is -0.438 e. The average Bonchev–Trinajstić information content (AvgIpc) is 3.36. The van der Waals surface area contributed by atoms with Crippen LogP contribution < -0.4 is 0 Å². The van der Waals surface area contributed by atoms with Crippen molar-refractivity contribution in [2.75, 3.05) is 0 Å². The standard InChI is InChI=1S/C34H22N2O/c1-3-11-23(12-4-1)24-19-21-26(22-20-24)33-35-32(31-29-17-9-10-18-30(29)37-34(31)36-33)28-16-8-7-15-27(28)25-13-5-2-6-14-25/h1-22H. The van der Waals surface area contributed by atoms with E-state index in [2.05, 4.69) is 103 Å². The van der Waals surface area contributed by atoms with Gasteiger partial charge in [-0.2, -0.15) is 4.98 Å². The Labute approximate surface area is 214 Å². The zero-order valence-electron chi connectivity index (χ0n) is 20.0. The van der Waals surface area contributed by atoms with E-state index in [0.29, 0.717) is 11.5 Å². The van der Waals surface area contributed by atoms with Gasteiger partial charge in [0.15, 0.2) is 5.82 Å². The highest BCUT2D eigenvalue weighted by Gasteiger charge is 2.20. The number of fused-ring (bicyclic) bond motifs is 3. The third-order valence-electron chi connectivity index (χ3n) is 6.76. The molecule has 0 fully saturated rings. The second-order valence-electron chi connectivity index (χ2n) is 9.03. The molecule has 0 saturated carbocycles. The van der Waals surface area contributed by atoms with Crippen LogP contribution in [0.4, 0.5) is 0 Å². The van der Waals surface area contributed by atoms with Crippen molar-refractivity contribution in [1.82, 2.24) is 9.97 Å². The summed E-state index contributed by atoms with van der Waals surface area (Å²) in [5.74, 6) is 0.643. The van der Waals surface area contributed by atoms with Gasteiger partial charge in [-0.05, 0) is 28.3 Å². The van der Waals surface area contributed by atoms with Crippen LogP contribution in [0.1, 0.15) is 0 Å². The van der Waals surface area contributed by atoms with Gasteiger partial charge in [-0.1, -0.05) is 127 Å². The highest BCUT2D eigenvalue weighted by atomic mass is 16.3. The van der Waals surface area contributed by atoms with E-state index in [0.717, 1.165) is 49.9 Å². The molecule has 7 rings (SSSR count). The first-order valence-corrected chi connectivity index (χ1v) is 12.4. The molecule has 37 heavy (non-hydrogen) atoms. The topological polar surface area (TPSA) is 38.9 Å². The predicted octanol–water partition coefficient (Wildman–Crippen LogP) is 9.04. The molecule has 0 aliphatic rings. The lowest BCUT2D eigenvalue weighted by molar-refractivity contribution is 0.653. The van der Waals surface area contributed by atoms with Crippen LogP contribution in [-0.4, -0.2) is 9.97 Å². The smallest absolute Gasteiger partial charge is 0.231 e. The molecule has 0 atom stereocenters. The Morgan fingerprint density at radius 2 is 1.00 bits per heavy atom. The first-order valence-electron chi connectivity index (χ1n) is 12.4. The quantitative estimate of drug-likeness (QED) is 0.255. The van der Waals surface area contributed by atoms with Gasteiger partial charge in [-0.15, -0.1) is 0 Å². The molecular formula is C34H22N2O. The summed E-state index contributed by atoms with van der Waals surface area (Å²) in [5, 5.41) is 1.95. The lowest BCUT2D eigenvalue weighted by Gasteiger charge is -2.12. The van der Waals surface area contributed by atoms with Crippen LogP contribution in [0.5, 0.6) is 0 Å². The van der Waals surface area contributed by atoms with E-state index >= 15 is 0 Å². The third kappa shape index (κ3) is 3.78. The molecule has 0 radical (unpaired) electrons. The number of hydrogen-bond acceptors (Lipinski definition) is 3. The fraction of sp³-hybridized carbons (Fsp3) is 0. The first-order chi connectivity index (χ1) is 18.3. The van der Waals surface area contributed by atoms with E-state index in [1.54, 1.807) is 0 Å². The number of furan rings is 1. The number of aromatic nitrogens is 2. The van der Waals surface area contributed by atoms with Gasteiger partial charge in [-0.3, -0.25) is 0 Å². The summed E-state index contributed by atoms with van der Waals surface area (Å²) in [7, 11) is 0. The van der Waals surface area contributed by atoms with Crippen LogP contribution in [0, 0.1) is 0 Å². The predicted molar refractivity (Wildman–Crippen MR) is 151 cm³/mol. The molecule has 3 heteroatoms. The van der Waals surface area contributed by atoms with Gasteiger partial charge in [0.2, 0.25) is 5.71 Å². The minimum absolute atomic E-state index is 0.594. The van der Waals surface area contributed by atoms with E-state index in [1.165, 1.54) is 5.56 Å². The molecule has 3 nitrogen and oxygen atoms in total. The molecular weight excluding hydrogens is 452 g/mol. The highest BCUT2D eigenvalue weighted by molar-refractivity contribution is 6.11. The maximum absolute atomic E-state index is 6.26. The largest absolute Gasteiger partial charge is 0.438 e. The third-order valence-corrected chi connectivity index (χ3v) is 6.76. The van der Waals surface area contributed by atoms with Crippen LogP contribution in [0.25, 0.3) is 67.0 Å². The number of hydrogen-bond donors (Lipinski definition) is 0. The van der Waals surface area contributed by atoms with Gasteiger partial charge in [0.1, 0.15) is 5.58 Å². The van der Waals surface area contributed by atoms with Gasteiger partial charge in [0.05, 0.1) is 11.1 Å². The molecule has 0 saturated heterocycles. The van der Waals surface area contributed by atoms with Crippen LogP contribution in [-0.2, 0) is 0 Å². The average molecular weight is 475 g/mol. The highest BCUT2D eigenvalue weighted by Crippen LogP contribution is 2.40. The van der Waals surface area contributed by atoms with Gasteiger partial charge in [0, 0.05) is 16.5 Å². The fourth-order valence-corrected chi connectivity index (χ4v) is 4.95. The maximum Gasteiger partial charge on any atom is 0.231 e. The zero-order valence-corrected chi connectivity index (χ0v) is 20.0. The Balaban J connectivity index is 1.46. The van der Waals surface area contributed by atoms with E-state index < -0.39 is 0 Å². The molecule has 5 aromatic carbocycles. The van der Waals surface area contributed by atoms with Gasteiger partial charge in [0.25, 0.3) is 0 Å². The molecule has 0 spiro atoms. The SMILES string of the molecule is c1ccc(-c2ccc(-c3nc(-c4ccccc4-c4ccccc4)c4c(n3)oc3ccccc34)cc2)cc1. The van der Waals surface area contributed by atoms with E-state index in [4.69, 9.17) is 14.4 Å². The van der Waals surface area contributed by atoms with Crippen molar-refractivity contribution in [2.24, 2.45) is 0 Å². The van der Waals surface area contributed by atoms with Crippen molar-refractivity contribution >= 4 is 22.1 Å². The van der Waals surface area contributed by atoms with Crippen molar-refractivity contribution in [3.63, 3.8) is 0 Å². The number of rotatable bonds is 4. The second kappa shape index (κ2) is 8.89. The summed E-state index contributed by atoms with van der Waals surface area (Å²) in [5.41, 5.74) is 8.87. The van der Waals surface area contributed by atoms with E-state index in [9.17, 15) is 0 Å². The van der Waals surface area contributed by atoms with Crippen LogP contribution >= 0.6 is 0 Å².